The van der Waals surface area contributed by atoms with Crippen LogP contribution in [0.25, 0.3) is 0 Å². The van der Waals surface area contributed by atoms with Gasteiger partial charge >= 0.3 is 0 Å². The van der Waals surface area contributed by atoms with E-state index in [1.54, 1.807) is 36.4 Å². The molecule has 0 aliphatic carbocycles. The molecule has 0 saturated carbocycles. The Morgan fingerprint density at radius 1 is 1.12 bits per heavy atom. The van der Waals surface area contributed by atoms with Gasteiger partial charge in [-0.25, -0.2) is 0 Å². The predicted octanol–water partition coefficient (Wildman–Crippen LogP) is 3.90. The fourth-order valence-electron chi connectivity index (χ4n) is 1.96. The third kappa shape index (κ3) is 4.98. The summed E-state index contributed by atoms with van der Waals surface area (Å²) in [6, 6.07) is 16.0. The molecule has 0 spiro atoms. The fourth-order valence-corrected chi connectivity index (χ4v) is 3.06. The zero-order chi connectivity index (χ0) is 18.4. The van der Waals surface area contributed by atoms with E-state index in [-0.39, 0.29) is 17.6 Å². The summed E-state index contributed by atoms with van der Waals surface area (Å²) in [5, 5.41) is 15.2. The van der Waals surface area contributed by atoms with Crippen molar-refractivity contribution in [3.05, 3.63) is 70.2 Å². The predicted molar refractivity (Wildman–Crippen MR) is 106 cm³/mol. The van der Waals surface area contributed by atoms with Gasteiger partial charge in [-0.1, -0.05) is 53.3 Å². The highest BCUT2D eigenvalue weighted by atomic mass is 35.5. The lowest BCUT2D eigenvalue weighted by atomic mass is 10.2. The number of halogens is 1. The molecule has 0 fully saturated rings. The second-order valence-electron chi connectivity index (χ2n) is 4.99. The number of para-hydroxylation sites is 1. The number of amides is 1. The van der Waals surface area contributed by atoms with Crippen molar-refractivity contribution in [2.45, 2.75) is 6.61 Å². The van der Waals surface area contributed by atoms with Gasteiger partial charge in [-0.05, 0) is 36.5 Å². The normalized spacial score (nSPS) is 10.2. The summed E-state index contributed by atoms with van der Waals surface area (Å²) >= 11 is 12.4. The van der Waals surface area contributed by atoms with E-state index in [0.29, 0.717) is 26.5 Å². The first-order valence-corrected chi connectivity index (χ1v) is 9.09. The number of hydrogen-bond acceptors (Lipinski definition) is 6. The van der Waals surface area contributed by atoms with Crippen LogP contribution in [-0.2, 0) is 6.61 Å². The number of ether oxygens (including phenoxy) is 1. The van der Waals surface area contributed by atoms with Crippen LogP contribution < -0.4 is 15.4 Å². The molecule has 2 N–H and O–H groups in total. The van der Waals surface area contributed by atoms with Crippen LogP contribution in [0.15, 0.2) is 54.6 Å². The van der Waals surface area contributed by atoms with Crippen LogP contribution in [0.1, 0.15) is 15.4 Å². The number of nitrogens with one attached hydrogen (secondary N) is 2. The maximum Gasteiger partial charge on any atom is 0.257 e. The van der Waals surface area contributed by atoms with Crippen LogP contribution in [-0.4, -0.2) is 21.2 Å². The molecule has 9 heteroatoms. The van der Waals surface area contributed by atoms with Crippen LogP contribution in [0.3, 0.4) is 0 Å². The molecule has 0 aliphatic heterocycles. The van der Waals surface area contributed by atoms with E-state index in [1.165, 1.54) is 11.3 Å². The number of anilines is 1. The number of thiocarbonyl (C=S) groups is 1. The Bertz CT molecular complexity index is 918. The molecule has 0 radical (unpaired) electrons. The minimum absolute atomic E-state index is 0.147. The number of aromatic nitrogens is 2. The highest BCUT2D eigenvalue weighted by Gasteiger charge is 2.10. The van der Waals surface area contributed by atoms with Crippen molar-refractivity contribution in [1.82, 2.24) is 15.5 Å². The smallest absolute Gasteiger partial charge is 0.257 e. The number of carbonyl (C=O) groups excluding carboxylic acids is 1. The van der Waals surface area contributed by atoms with E-state index < -0.39 is 0 Å². The Labute approximate surface area is 164 Å². The van der Waals surface area contributed by atoms with Crippen molar-refractivity contribution in [2.24, 2.45) is 0 Å². The molecule has 1 amide bonds. The number of rotatable bonds is 5. The minimum atomic E-state index is -0.296. The maximum atomic E-state index is 12.0. The first-order chi connectivity index (χ1) is 12.6. The Kier molecular flexibility index (Phi) is 6.11. The van der Waals surface area contributed by atoms with Crippen LogP contribution in [0, 0.1) is 0 Å². The largest absolute Gasteiger partial charge is 0.485 e. The van der Waals surface area contributed by atoms with Crippen molar-refractivity contribution in [3.8, 4) is 5.75 Å². The second kappa shape index (κ2) is 8.70. The summed E-state index contributed by atoms with van der Waals surface area (Å²) in [5.41, 5.74) is 0.516. The van der Waals surface area contributed by atoms with Gasteiger partial charge in [0, 0.05) is 5.56 Å². The standard InChI is InChI=1S/C17H13ClN4O2S2/c18-12-8-4-5-9-13(12)24-10-14-21-22-17(26-14)20-16(25)19-15(23)11-6-2-1-3-7-11/h1-9H,10H2,(H2,19,20,22,23,25). The number of benzene rings is 2. The Hall–Kier alpha value is -2.55. The van der Waals surface area contributed by atoms with Gasteiger partial charge in [-0.3, -0.25) is 10.1 Å². The average Bonchev–Trinajstić information content (AvgIpc) is 3.09. The SMILES string of the molecule is O=C(NC(=S)Nc1nnc(COc2ccccc2Cl)s1)c1ccccc1. The maximum absolute atomic E-state index is 12.0. The Morgan fingerprint density at radius 3 is 2.62 bits per heavy atom. The van der Waals surface area contributed by atoms with E-state index in [2.05, 4.69) is 20.8 Å². The Balaban J connectivity index is 1.52. The van der Waals surface area contributed by atoms with E-state index >= 15 is 0 Å². The molecule has 1 heterocycles. The minimum Gasteiger partial charge on any atom is -0.485 e. The monoisotopic (exact) mass is 404 g/mol. The second-order valence-corrected chi connectivity index (χ2v) is 6.87. The molecule has 6 nitrogen and oxygen atoms in total. The van der Waals surface area contributed by atoms with Gasteiger partial charge in [-0.2, -0.15) is 0 Å². The summed E-state index contributed by atoms with van der Waals surface area (Å²) in [6.07, 6.45) is 0. The van der Waals surface area contributed by atoms with E-state index in [0.717, 1.165) is 0 Å². The molecule has 0 atom stereocenters. The quantitative estimate of drug-likeness (QED) is 0.628. The van der Waals surface area contributed by atoms with Crippen LogP contribution in [0.5, 0.6) is 5.75 Å². The summed E-state index contributed by atoms with van der Waals surface area (Å²) in [6.45, 7) is 0.228. The lowest BCUT2D eigenvalue weighted by Gasteiger charge is -2.06. The van der Waals surface area contributed by atoms with Crippen molar-refractivity contribution in [3.63, 3.8) is 0 Å². The zero-order valence-corrected chi connectivity index (χ0v) is 15.7. The molecule has 0 aliphatic rings. The molecule has 132 valence electrons. The first kappa shape index (κ1) is 18.2. The highest BCUT2D eigenvalue weighted by Crippen LogP contribution is 2.25. The van der Waals surface area contributed by atoms with Crippen LogP contribution in [0.4, 0.5) is 5.13 Å². The fraction of sp³-hybridized carbons (Fsp3) is 0.0588. The van der Waals surface area contributed by atoms with Crippen molar-refractivity contribution >= 4 is 51.3 Å². The molecule has 3 aromatic rings. The first-order valence-electron chi connectivity index (χ1n) is 7.49. The van der Waals surface area contributed by atoms with E-state index in [4.69, 9.17) is 28.6 Å². The molecule has 0 bridgehead atoms. The third-order valence-electron chi connectivity index (χ3n) is 3.14. The van der Waals surface area contributed by atoms with Gasteiger partial charge in [0.05, 0.1) is 5.02 Å². The summed E-state index contributed by atoms with van der Waals surface area (Å²) < 4.78 is 5.61. The number of hydrogen-bond donors (Lipinski definition) is 2. The molecular weight excluding hydrogens is 392 g/mol. The van der Waals surface area contributed by atoms with E-state index in [9.17, 15) is 4.79 Å². The van der Waals surface area contributed by atoms with Gasteiger partial charge < -0.3 is 10.1 Å². The molecule has 1 aromatic heterocycles. The number of nitrogens with zero attached hydrogens (tertiary/aromatic N) is 2. The molecule has 26 heavy (non-hydrogen) atoms. The highest BCUT2D eigenvalue weighted by molar-refractivity contribution is 7.80. The van der Waals surface area contributed by atoms with Gasteiger partial charge in [0.2, 0.25) is 5.13 Å². The lowest BCUT2D eigenvalue weighted by Crippen LogP contribution is -2.34. The summed E-state index contributed by atoms with van der Waals surface area (Å²) in [4.78, 5) is 12.0. The number of carbonyl (C=O) groups is 1. The van der Waals surface area contributed by atoms with Gasteiger partial charge in [0.25, 0.3) is 5.91 Å². The van der Waals surface area contributed by atoms with Gasteiger partial charge in [-0.15, -0.1) is 10.2 Å². The van der Waals surface area contributed by atoms with Gasteiger partial charge in [0.1, 0.15) is 12.4 Å². The molecule has 0 saturated heterocycles. The molecular formula is C17H13ClN4O2S2. The third-order valence-corrected chi connectivity index (χ3v) is 4.47. The van der Waals surface area contributed by atoms with Crippen molar-refractivity contribution in [1.29, 1.82) is 0 Å². The summed E-state index contributed by atoms with van der Waals surface area (Å²) in [7, 11) is 0. The summed E-state index contributed by atoms with van der Waals surface area (Å²) in [5.74, 6) is 0.277. The zero-order valence-electron chi connectivity index (χ0n) is 13.3. The van der Waals surface area contributed by atoms with Crippen LogP contribution in [0.2, 0.25) is 5.02 Å². The molecule has 2 aromatic carbocycles. The Morgan fingerprint density at radius 2 is 1.85 bits per heavy atom. The average molecular weight is 405 g/mol. The van der Waals surface area contributed by atoms with E-state index in [1.807, 2.05) is 18.2 Å². The lowest BCUT2D eigenvalue weighted by molar-refractivity contribution is 0.0977. The van der Waals surface area contributed by atoms with Crippen LogP contribution >= 0.6 is 35.2 Å². The topological polar surface area (TPSA) is 76.1 Å². The molecule has 3 rings (SSSR count). The van der Waals surface area contributed by atoms with Gasteiger partial charge in [0.15, 0.2) is 10.1 Å². The van der Waals surface area contributed by atoms with Crippen molar-refractivity contribution in [2.75, 3.05) is 5.32 Å². The van der Waals surface area contributed by atoms with Crippen molar-refractivity contribution < 1.29 is 9.53 Å². The molecule has 0 unspecified atom stereocenters.